The van der Waals surface area contributed by atoms with E-state index in [9.17, 15) is 4.79 Å². The Labute approximate surface area is 172 Å². The van der Waals surface area contributed by atoms with Crippen molar-refractivity contribution >= 4 is 5.97 Å². The molecule has 1 fully saturated rings. The lowest BCUT2D eigenvalue weighted by atomic mass is 9.72. The number of carbonyl (C=O) groups is 1. The number of rotatable bonds is 8. The lowest BCUT2D eigenvalue weighted by Gasteiger charge is -2.44. The van der Waals surface area contributed by atoms with Crippen LogP contribution in [0.3, 0.4) is 0 Å². The summed E-state index contributed by atoms with van der Waals surface area (Å²) >= 11 is 0. The van der Waals surface area contributed by atoms with Gasteiger partial charge in [-0.15, -0.1) is 0 Å². The fourth-order valence-corrected chi connectivity index (χ4v) is 4.81. The molecule has 0 aromatic heterocycles. The number of allylic oxidation sites excluding steroid dienone is 4. The summed E-state index contributed by atoms with van der Waals surface area (Å²) in [4.78, 5) is 15.0. The Hall–Kier alpha value is -1.13. The average molecular weight is 392 g/mol. The molecule has 1 aliphatic heterocycles. The van der Waals surface area contributed by atoms with Gasteiger partial charge in [-0.3, -0.25) is 9.69 Å². The van der Waals surface area contributed by atoms with Gasteiger partial charge in [0, 0.05) is 12.0 Å². The van der Waals surface area contributed by atoms with Crippen LogP contribution in [0.4, 0.5) is 0 Å². The lowest BCUT2D eigenvalue weighted by Crippen LogP contribution is -2.54. The molecule has 0 aromatic carbocycles. The largest absolute Gasteiger partial charge is 0.465 e. The molecule has 0 aromatic rings. The predicted molar refractivity (Wildman–Crippen MR) is 115 cm³/mol. The number of ether oxygens (including phenoxy) is 2. The van der Waals surface area contributed by atoms with E-state index in [4.69, 9.17) is 9.47 Å². The van der Waals surface area contributed by atoms with Gasteiger partial charge in [0.25, 0.3) is 0 Å². The highest BCUT2D eigenvalue weighted by Gasteiger charge is 2.49. The maximum atomic E-state index is 12.7. The number of carbonyl (C=O) groups excluding carboxylic acids is 1. The van der Waals surface area contributed by atoms with Gasteiger partial charge in [0.2, 0.25) is 0 Å². The summed E-state index contributed by atoms with van der Waals surface area (Å²) in [6.45, 7) is 16.1. The molecule has 2 aliphatic rings. The molecule has 28 heavy (non-hydrogen) atoms. The van der Waals surface area contributed by atoms with Crippen molar-refractivity contribution in [2.75, 3.05) is 13.2 Å². The zero-order valence-corrected chi connectivity index (χ0v) is 19.1. The van der Waals surface area contributed by atoms with Crippen molar-refractivity contribution in [3.63, 3.8) is 0 Å². The van der Waals surface area contributed by atoms with Crippen LogP contribution in [0.2, 0.25) is 0 Å². The lowest BCUT2D eigenvalue weighted by molar-refractivity contribution is -0.160. The molecule has 0 N–H and O–H groups in total. The second-order valence-electron chi connectivity index (χ2n) is 9.49. The van der Waals surface area contributed by atoms with Crippen LogP contribution in [0.5, 0.6) is 0 Å². The van der Waals surface area contributed by atoms with E-state index >= 15 is 0 Å². The highest BCUT2D eigenvalue weighted by molar-refractivity contribution is 5.76. The zero-order chi connectivity index (χ0) is 20.9. The second-order valence-corrected chi connectivity index (χ2v) is 9.49. The van der Waals surface area contributed by atoms with E-state index in [1.807, 2.05) is 6.92 Å². The van der Waals surface area contributed by atoms with E-state index in [2.05, 4.69) is 58.6 Å². The van der Waals surface area contributed by atoms with Crippen LogP contribution in [0.25, 0.3) is 0 Å². The number of esters is 1. The molecule has 0 radical (unpaired) electrons. The fraction of sp³-hybridized carbons (Fsp3) is 0.792. The molecule has 0 bridgehead atoms. The summed E-state index contributed by atoms with van der Waals surface area (Å²) in [5.74, 6) is 0.0780. The quantitative estimate of drug-likeness (QED) is 0.405. The van der Waals surface area contributed by atoms with E-state index in [1.165, 1.54) is 11.1 Å². The Morgan fingerprint density at radius 1 is 1.43 bits per heavy atom. The highest BCUT2D eigenvalue weighted by atomic mass is 16.5. The monoisotopic (exact) mass is 391 g/mol. The maximum Gasteiger partial charge on any atom is 0.323 e. The molecule has 1 saturated heterocycles. The smallest absolute Gasteiger partial charge is 0.323 e. The summed E-state index contributed by atoms with van der Waals surface area (Å²) in [7, 11) is 0. The molecule has 4 unspecified atom stereocenters. The molecule has 0 saturated carbocycles. The predicted octanol–water partition coefficient (Wildman–Crippen LogP) is 5.48. The van der Waals surface area contributed by atoms with Crippen LogP contribution >= 0.6 is 0 Å². The first kappa shape index (κ1) is 23.2. The molecule has 0 spiro atoms. The van der Waals surface area contributed by atoms with Crippen molar-refractivity contribution in [2.24, 2.45) is 11.3 Å². The number of hydrogen-bond acceptors (Lipinski definition) is 4. The zero-order valence-electron chi connectivity index (χ0n) is 19.1. The Balaban J connectivity index is 2.19. The van der Waals surface area contributed by atoms with Crippen LogP contribution < -0.4 is 0 Å². The fourth-order valence-electron chi connectivity index (χ4n) is 4.81. The van der Waals surface area contributed by atoms with Gasteiger partial charge in [0.05, 0.1) is 12.7 Å². The third-order valence-corrected chi connectivity index (χ3v) is 6.04. The first-order chi connectivity index (χ1) is 13.2. The summed E-state index contributed by atoms with van der Waals surface area (Å²) < 4.78 is 11.9. The SMILES string of the molecule is CCOC(=O)C(C(C)C)N1CC(C)OC1C1(C)CCC=C(CCC=C(C)C)C1. The Bertz CT molecular complexity index is 591. The first-order valence-electron chi connectivity index (χ1n) is 11.1. The third kappa shape index (κ3) is 5.70. The summed E-state index contributed by atoms with van der Waals surface area (Å²) in [5.41, 5.74) is 2.94. The number of nitrogens with zero attached hydrogens (tertiary/aromatic N) is 1. The van der Waals surface area contributed by atoms with Crippen LogP contribution in [0, 0.1) is 11.3 Å². The average Bonchev–Trinajstić information content (AvgIpc) is 2.97. The Morgan fingerprint density at radius 3 is 2.75 bits per heavy atom. The molecular formula is C24H41NO3. The van der Waals surface area contributed by atoms with E-state index in [1.54, 1.807) is 0 Å². The topological polar surface area (TPSA) is 38.8 Å². The van der Waals surface area contributed by atoms with Crippen molar-refractivity contribution in [3.05, 3.63) is 23.3 Å². The van der Waals surface area contributed by atoms with Crippen LogP contribution in [0.15, 0.2) is 23.3 Å². The van der Waals surface area contributed by atoms with E-state index in [-0.39, 0.29) is 35.7 Å². The molecule has 4 heteroatoms. The minimum absolute atomic E-state index is 0.0272. The van der Waals surface area contributed by atoms with Crippen LogP contribution in [0.1, 0.15) is 80.6 Å². The molecular weight excluding hydrogens is 350 g/mol. The van der Waals surface area contributed by atoms with Gasteiger partial charge in [-0.25, -0.2) is 0 Å². The van der Waals surface area contributed by atoms with E-state index < -0.39 is 0 Å². The van der Waals surface area contributed by atoms with Crippen LogP contribution in [-0.4, -0.2) is 42.4 Å². The molecule has 4 atom stereocenters. The van der Waals surface area contributed by atoms with Crippen molar-refractivity contribution in [1.29, 1.82) is 0 Å². The van der Waals surface area contributed by atoms with Crippen LogP contribution in [-0.2, 0) is 14.3 Å². The molecule has 1 aliphatic carbocycles. The third-order valence-electron chi connectivity index (χ3n) is 6.04. The summed E-state index contributed by atoms with van der Waals surface area (Å²) in [6, 6.07) is -0.244. The van der Waals surface area contributed by atoms with Crippen molar-refractivity contribution < 1.29 is 14.3 Å². The second kappa shape index (κ2) is 10.1. The summed E-state index contributed by atoms with van der Waals surface area (Å²) in [6.07, 6.45) is 10.3. The van der Waals surface area contributed by atoms with Gasteiger partial charge in [0.1, 0.15) is 12.3 Å². The molecule has 1 heterocycles. The van der Waals surface area contributed by atoms with Gasteiger partial charge >= 0.3 is 5.97 Å². The highest BCUT2D eigenvalue weighted by Crippen LogP contribution is 2.46. The molecule has 0 amide bonds. The molecule has 160 valence electrons. The minimum atomic E-state index is -0.244. The van der Waals surface area contributed by atoms with Gasteiger partial charge in [-0.05, 0) is 65.7 Å². The first-order valence-corrected chi connectivity index (χ1v) is 11.1. The van der Waals surface area contributed by atoms with E-state index in [0.29, 0.717) is 6.61 Å². The van der Waals surface area contributed by atoms with Crippen molar-refractivity contribution in [1.82, 2.24) is 4.90 Å². The molecule has 2 rings (SSSR count). The standard InChI is InChI=1S/C24H41NO3/c1-8-27-22(26)21(18(4)5)25-16-19(6)28-23(25)24(7)14-10-13-20(15-24)12-9-11-17(2)3/h11,13,18-19,21,23H,8-10,12,14-16H2,1-7H3. The van der Waals surface area contributed by atoms with Gasteiger partial charge < -0.3 is 9.47 Å². The normalized spacial score (nSPS) is 29.5. The van der Waals surface area contributed by atoms with E-state index in [0.717, 1.165) is 38.6 Å². The van der Waals surface area contributed by atoms with Gasteiger partial charge in [0.15, 0.2) is 0 Å². The number of hydrogen-bond donors (Lipinski definition) is 0. The Kier molecular flexibility index (Phi) is 8.32. The van der Waals surface area contributed by atoms with Gasteiger partial charge in [-0.2, -0.15) is 0 Å². The maximum absolute atomic E-state index is 12.7. The minimum Gasteiger partial charge on any atom is -0.465 e. The Morgan fingerprint density at radius 2 is 2.14 bits per heavy atom. The summed E-state index contributed by atoms with van der Waals surface area (Å²) in [5, 5.41) is 0. The van der Waals surface area contributed by atoms with Crippen molar-refractivity contribution in [2.45, 2.75) is 98.9 Å². The van der Waals surface area contributed by atoms with Crippen molar-refractivity contribution in [3.8, 4) is 0 Å². The molecule has 4 nitrogen and oxygen atoms in total. The van der Waals surface area contributed by atoms with Gasteiger partial charge in [-0.1, -0.05) is 44.1 Å².